The molecule has 10 N–H and O–H groups in total. The van der Waals surface area contributed by atoms with Crippen molar-refractivity contribution in [2.24, 2.45) is 20.5 Å². The summed E-state index contributed by atoms with van der Waals surface area (Å²) in [5.74, 6) is -1.27. The summed E-state index contributed by atoms with van der Waals surface area (Å²) in [6, 6.07) is 19.7. The lowest BCUT2D eigenvalue weighted by Gasteiger charge is -2.11. The maximum absolute atomic E-state index is 12.4. The van der Waals surface area contributed by atoms with Gasteiger partial charge in [-0.15, -0.1) is 10.2 Å². The third-order valence-electron chi connectivity index (χ3n) is 7.63. The van der Waals surface area contributed by atoms with Gasteiger partial charge in [0.1, 0.15) is 26.1 Å². The number of nitrogens with one attached hydrogen (secondary N) is 1. The number of nitrogens with zero attached hydrogens (tertiary/aromatic N) is 4. The summed E-state index contributed by atoms with van der Waals surface area (Å²) in [7, 11) is -14.7. The Morgan fingerprint density at radius 1 is 0.491 bits per heavy atom. The van der Waals surface area contributed by atoms with Crippen LogP contribution >= 0.6 is 0 Å². The Balaban J connectivity index is 1.30. The zero-order valence-corrected chi connectivity index (χ0v) is 29.0. The lowest BCUT2D eigenvalue weighted by molar-refractivity contribution is 0.472. The Hall–Kier alpha value is -6.23. The van der Waals surface area contributed by atoms with Gasteiger partial charge in [-0.2, -0.15) is 35.5 Å². The van der Waals surface area contributed by atoms with Gasteiger partial charge in [0.15, 0.2) is 11.5 Å². The second-order valence-electron chi connectivity index (χ2n) is 11.3. The molecule has 0 radical (unpaired) electrons. The van der Waals surface area contributed by atoms with E-state index in [2.05, 4.69) is 25.8 Å². The van der Waals surface area contributed by atoms with Crippen molar-refractivity contribution in [2.45, 2.75) is 14.7 Å². The van der Waals surface area contributed by atoms with Gasteiger partial charge in [0.05, 0.1) is 17.1 Å². The molecule has 6 aromatic carbocycles. The largest absolute Gasteiger partial charge is 0.505 e. The summed E-state index contributed by atoms with van der Waals surface area (Å²) in [4.78, 5) is -2.16. The molecular weight excluding hydrogens is 755 g/mol. The Morgan fingerprint density at radius 3 is 1.38 bits per heavy atom. The number of aromatic hydroxyl groups is 2. The number of nitrogen functional groups attached to an aromatic ring is 2. The standard InChI is InChI=1S/C32H25N7O11S3/c33-18-3-1-16-11-27(52(45,46)47)29(31(40)23(16)13-18)38-36-21-7-5-20(6-8-21)35-25-10-9-22(15-26(25)51(42,43)44)37-39-30-28(53(48,49)50)12-17-2-4-19(34)14-24(17)32(30)41/h1-15,35,40-41H,33-34H2,(H,42,43,44)(H,45,46,47)(H,48,49,50). The Morgan fingerprint density at radius 2 is 0.925 bits per heavy atom. The van der Waals surface area contributed by atoms with Gasteiger partial charge in [0.25, 0.3) is 30.4 Å². The fraction of sp³-hybridized carbons (Fsp3) is 0. The SMILES string of the molecule is Nc1ccc2cc(S(=O)(=O)O)c(N=Nc3ccc(Nc4ccc(N=Nc5c(S(=O)(=O)O)cc6ccc(N)cc6c5O)cc4S(=O)(=O)O)cc3)c(O)c2c1. The van der Waals surface area contributed by atoms with Crippen molar-refractivity contribution < 1.29 is 49.1 Å². The first-order chi connectivity index (χ1) is 24.8. The first-order valence-electron chi connectivity index (χ1n) is 14.7. The van der Waals surface area contributed by atoms with Crippen LogP contribution in [0.1, 0.15) is 0 Å². The summed E-state index contributed by atoms with van der Waals surface area (Å²) < 4.78 is 103. The fourth-order valence-electron chi connectivity index (χ4n) is 5.18. The average molecular weight is 780 g/mol. The van der Waals surface area contributed by atoms with Crippen LogP contribution in [0.2, 0.25) is 0 Å². The van der Waals surface area contributed by atoms with Crippen molar-refractivity contribution in [1.29, 1.82) is 0 Å². The van der Waals surface area contributed by atoms with E-state index >= 15 is 0 Å². The first kappa shape index (κ1) is 36.6. The molecule has 0 amide bonds. The van der Waals surface area contributed by atoms with Crippen molar-refractivity contribution >= 4 is 97.4 Å². The molecule has 0 spiro atoms. The number of fused-ring (bicyclic) bond motifs is 2. The molecule has 0 aromatic heterocycles. The lowest BCUT2D eigenvalue weighted by atomic mass is 10.1. The molecule has 0 aliphatic rings. The van der Waals surface area contributed by atoms with E-state index in [9.17, 15) is 49.1 Å². The monoisotopic (exact) mass is 779 g/mol. The Kier molecular flexibility index (Phi) is 9.24. The highest BCUT2D eigenvalue weighted by molar-refractivity contribution is 7.86. The molecule has 0 fully saturated rings. The molecule has 0 saturated heterocycles. The summed E-state index contributed by atoms with van der Waals surface area (Å²) in [6.07, 6.45) is 0. The smallest absolute Gasteiger partial charge is 0.296 e. The predicted octanol–water partition coefficient (Wildman–Crippen LogP) is 6.88. The molecule has 0 aliphatic heterocycles. The summed E-state index contributed by atoms with van der Waals surface area (Å²) >= 11 is 0. The number of phenolic OH excluding ortho intramolecular Hbond substituents is 2. The molecule has 6 aromatic rings. The van der Waals surface area contributed by atoms with Crippen LogP contribution in [0.15, 0.2) is 126 Å². The molecule has 6 rings (SSSR count). The normalized spacial score (nSPS) is 12.7. The molecule has 0 aliphatic carbocycles. The van der Waals surface area contributed by atoms with Crippen LogP contribution in [0, 0.1) is 0 Å². The van der Waals surface area contributed by atoms with Gasteiger partial charge in [0, 0.05) is 27.8 Å². The molecule has 0 heterocycles. The number of hydrogen-bond donors (Lipinski definition) is 8. The van der Waals surface area contributed by atoms with Crippen molar-refractivity contribution in [3.63, 3.8) is 0 Å². The van der Waals surface area contributed by atoms with Crippen LogP contribution in [0.3, 0.4) is 0 Å². The van der Waals surface area contributed by atoms with E-state index in [-0.39, 0.29) is 55.7 Å². The fourth-order valence-corrected chi connectivity index (χ4v) is 7.16. The van der Waals surface area contributed by atoms with Crippen molar-refractivity contribution in [3.8, 4) is 11.5 Å². The quantitative estimate of drug-likeness (QED) is 0.0421. The van der Waals surface area contributed by atoms with Crippen molar-refractivity contribution in [1.82, 2.24) is 0 Å². The number of hydrogen-bond acceptors (Lipinski definition) is 15. The lowest BCUT2D eigenvalue weighted by Crippen LogP contribution is -2.03. The zero-order chi connectivity index (χ0) is 38.5. The minimum absolute atomic E-state index is 0.0947. The second kappa shape index (κ2) is 13.4. The van der Waals surface area contributed by atoms with Crippen LogP contribution in [0.25, 0.3) is 21.5 Å². The van der Waals surface area contributed by atoms with Crippen molar-refractivity contribution in [2.75, 3.05) is 16.8 Å². The van der Waals surface area contributed by atoms with Crippen LogP contribution < -0.4 is 16.8 Å². The first-order valence-corrected chi connectivity index (χ1v) is 19.0. The maximum atomic E-state index is 12.4. The summed E-state index contributed by atoms with van der Waals surface area (Å²) in [5.41, 5.74) is 10.9. The molecule has 18 nitrogen and oxygen atoms in total. The van der Waals surface area contributed by atoms with Gasteiger partial charge in [-0.05, 0) is 89.6 Å². The Labute approximate surface area is 300 Å². The predicted molar refractivity (Wildman–Crippen MR) is 194 cm³/mol. The molecule has 0 saturated carbocycles. The third kappa shape index (κ3) is 7.69. The molecule has 21 heteroatoms. The molecule has 0 bridgehead atoms. The van der Waals surface area contributed by atoms with Gasteiger partial charge in [-0.1, -0.05) is 12.1 Å². The van der Waals surface area contributed by atoms with Crippen LogP contribution in [0.5, 0.6) is 11.5 Å². The van der Waals surface area contributed by atoms with Gasteiger partial charge < -0.3 is 27.0 Å². The van der Waals surface area contributed by atoms with Gasteiger partial charge in [-0.25, -0.2) is 0 Å². The highest BCUT2D eigenvalue weighted by Gasteiger charge is 2.24. The molecular formula is C32H25N7O11S3. The zero-order valence-electron chi connectivity index (χ0n) is 26.5. The van der Waals surface area contributed by atoms with Crippen LogP contribution in [0.4, 0.5) is 45.5 Å². The number of benzene rings is 6. The van der Waals surface area contributed by atoms with E-state index in [4.69, 9.17) is 11.5 Å². The summed E-state index contributed by atoms with van der Waals surface area (Å²) in [5, 5.41) is 40.5. The number of azo groups is 2. The third-order valence-corrected chi connectivity index (χ3v) is 10.3. The van der Waals surface area contributed by atoms with Crippen molar-refractivity contribution in [3.05, 3.63) is 91.0 Å². The second-order valence-corrected chi connectivity index (χ2v) is 15.5. The van der Waals surface area contributed by atoms with E-state index in [1.54, 1.807) is 0 Å². The maximum Gasteiger partial charge on any atom is 0.296 e. The van der Waals surface area contributed by atoms with E-state index in [0.29, 0.717) is 0 Å². The molecule has 53 heavy (non-hydrogen) atoms. The van der Waals surface area contributed by atoms with Gasteiger partial charge >= 0.3 is 0 Å². The number of anilines is 4. The van der Waals surface area contributed by atoms with E-state index in [1.807, 2.05) is 0 Å². The minimum atomic E-state index is -4.93. The number of rotatable bonds is 9. The van der Waals surface area contributed by atoms with Gasteiger partial charge in [-0.3, -0.25) is 13.7 Å². The minimum Gasteiger partial charge on any atom is -0.505 e. The molecule has 0 atom stereocenters. The van der Waals surface area contributed by atoms with E-state index in [0.717, 1.165) is 18.2 Å². The molecule has 272 valence electrons. The number of phenols is 2. The molecule has 0 unspecified atom stereocenters. The van der Waals surface area contributed by atoms with E-state index < -0.39 is 67.9 Å². The highest BCUT2D eigenvalue weighted by Crippen LogP contribution is 2.43. The topological polar surface area (TPSA) is 317 Å². The number of nitrogens with two attached hydrogens (primary N) is 2. The van der Waals surface area contributed by atoms with Crippen LogP contribution in [-0.4, -0.2) is 49.1 Å². The van der Waals surface area contributed by atoms with Gasteiger partial charge in [0.2, 0.25) is 0 Å². The van der Waals surface area contributed by atoms with Crippen LogP contribution in [-0.2, 0) is 30.4 Å². The Bertz CT molecular complexity index is 2880. The average Bonchev–Trinajstić information content (AvgIpc) is 3.07. The summed E-state index contributed by atoms with van der Waals surface area (Å²) in [6.45, 7) is 0. The van der Waals surface area contributed by atoms with E-state index in [1.165, 1.54) is 72.8 Å². The highest BCUT2D eigenvalue weighted by atomic mass is 32.2.